The van der Waals surface area contributed by atoms with E-state index in [0.29, 0.717) is 11.8 Å². The third-order valence-corrected chi connectivity index (χ3v) is 3.38. The van der Waals surface area contributed by atoms with Gasteiger partial charge in [0.25, 0.3) is 0 Å². The van der Waals surface area contributed by atoms with E-state index in [2.05, 4.69) is 17.6 Å². The van der Waals surface area contributed by atoms with Crippen LogP contribution in [0.5, 0.6) is 0 Å². The van der Waals surface area contributed by atoms with Gasteiger partial charge in [0.15, 0.2) is 0 Å². The first-order valence-electron chi connectivity index (χ1n) is 6.08. The summed E-state index contributed by atoms with van der Waals surface area (Å²) in [5.74, 6) is 0.177. The molecular weight excluding hydrogens is 188 g/mol. The molecule has 3 nitrogen and oxygen atoms in total. The second-order valence-electron chi connectivity index (χ2n) is 5.00. The zero-order valence-corrected chi connectivity index (χ0v) is 10.1. The third-order valence-electron chi connectivity index (χ3n) is 3.38. The lowest BCUT2D eigenvalue weighted by Gasteiger charge is -2.33. The van der Waals surface area contributed by atoms with Crippen molar-refractivity contribution in [3.05, 3.63) is 0 Å². The van der Waals surface area contributed by atoms with E-state index in [1.54, 1.807) is 0 Å². The molecule has 0 aliphatic heterocycles. The molecule has 0 heterocycles. The van der Waals surface area contributed by atoms with E-state index in [1.165, 1.54) is 32.1 Å². The number of nitrogens with one attached hydrogen (secondary N) is 2. The van der Waals surface area contributed by atoms with Crippen LogP contribution in [0.3, 0.4) is 0 Å². The van der Waals surface area contributed by atoms with Crippen LogP contribution in [0.15, 0.2) is 0 Å². The first-order chi connectivity index (χ1) is 7.16. The van der Waals surface area contributed by atoms with Crippen LogP contribution in [0.25, 0.3) is 0 Å². The Morgan fingerprint density at radius 2 is 1.93 bits per heavy atom. The molecule has 1 aliphatic rings. The van der Waals surface area contributed by atoms with Gasteiger partial charge in [0.1, 0.15) is 0 Å². The zero-order valence-electron chi connectivity index (χ0n) is 10.1. The van der Waals surface area contributed by atoms with E-state index in [9.17, 15) is 4.79 Å². The number of hydrogen-bond acceptors (Lipinski definition) is 2. The molecule has 0 unspecified atom stereocenters. The van der Waals surface area contributed by atoms with Crippen molar-refractivity contribution in [2.45, 2.75) is 45.4 Å². The molecule has 3 heteroatoms. The van der Waals surface area contributed by atoms with Crippen LogP contribution in [0, 0.1) is 5.41 Å². The zero-order chi connectivity index (χ0) is 11.1. The Bertz CT molecular complexity index is 198. The molecule has 15 heavy (non-hydrogen) atoms. The quantitative estimate of drug-likeness (QED) is 0.728. The molecule has 0 atom stereocenters. The summed E-state index contributed by atoms with van der Waals surface area (Å²) in [6.45, 7) is 3.92. The van der Waals surface area contributed by atoms with Gasteiger partial charge < -0.3 is 10.6 Å². The van der Waals surface area contributed by atoms with Crippen LogP contribution in [0.1, 0.15) is 45.4 Å². The molecule has 0 spiro atoms. The summed E-state index contributed by atoms with van der Waals surface area (Å²) in [7, 11) is 1.87. The van der Waals surface area contributed by atoms with E-state index < -0.39 is 0 Å². The van der Waals surface area contributed by atoms with Gasteiger partial charge in [0.05, 0.1) is 0 Å². The predicted octanol–water partition coefficient (Wildman–Crippen LogP) is 1.68. The fraction of sp³-hybridized carbons (Fsp3) is 0.917. The monoisotopic (exact) mass is 212 g/mol. The number of amides is 1. The van der Waals surface area contributed by atoms with Gasteiger partial charge in [-0.15, -0.1) is 0 Å². The molecule has 1 rings (SSSR count). The predicted molar refractivity (Wildman–Crippen MR) is 62.7 cm³/mol. The summed E-state index contributed by atoms with van der Waals surface area (Å²) < 4.78 is 0. The van der Waals surface area contributed by atoms with Crippen molar-refractivity contribution in [1.29, 1.82) is 0 Å². The lowest BCUT2D eigenvalue weighted by Crippen LogP contribution is -2.37. The van der Waals surface area contributed by atoms with Crippen LogP contribution >= 0.6 is 0 Å². The first kappa shape index (κ1) is 12.5. The molecule has 1 saturated carbocycles. The average molecular weight is 212 g/mol. The Balaban J connectivity index is 2.19. The van der Waals surface area contributed by atoms with E-state index in [-0.39, 0.29) is 5.91 Å². The minimum Gasteiger partial charge on any atom is -0.356 e. The van der Waals surface area contributed by atoms with Gasteiger partial charge in [-0.3, -0.25) is 4.79 Å². The molecule has 2 N–H and O–H groups in total. The van der Waals surface area contributed by atoms with E-state index in [1.807, 2.05) is 7.05 Å². The largest absolute Gasteiger partial charge is 0.356 e. The molecule has 0 aromatic carbocycles. The fourth-order valence-electron chi connectivity index (χ4n) is 2.22. The Morgan fingerprint density at radius 1 is 1.27 bits per heavy atom. The third kappa shape index (κ3) is 4.65. The summed E-state index contributed by atoms with van der Waals surface area (Å²) in [6, 6.07) is 0. The lowest BCUT2D eigenvalue weighted by atomic mass is 9.76. The maximum Gasteiger partial charge on any atom is 0.221 e. The second kappa shape index (κ2) is 6.11. The number of carbonyl (C=O) groups is 1. The normalized spacial score (nSPS) is 19.9. The van der Waals surface area contributed by atoms with Crippen LogP contribution in [0.4, 0.5) is 0 Å². The summed E-state index contributed by atoms with van der Waals surface area (Å²) in [5, 5.41) is 6.03. The lowest BCUT2D eigenvalue weighted by molar-refractivity contribution is -0.121. The molecule has 0 saturated heterocycles. The van der Waals surface area contributed by atoms with Gasteiger partial charge in [-0.05, 0) is 25.3 Å². The van der Waals surface area contributed by atoms with Crippen molar-refractivity contribution in [1.82, 2.24) is 10.6 Å². The highest BCUT2D eigenvalue weighted by atomic mass is 16.1. The molecule has 0 aromatic heterocycles. The Kier molecular flexibility index (Phi) is 5.09. The Morgan fingerprint density at radius 3 is 2.53 bits per heavy atom. The molecule has 0 aromatic rings. The molecule has 1 fully saturated rings. The van der Waals surface area contributed by atoms with Gasteiger partial charge in [0.2, 0.25) is 5.91 Å². The van der Waals surface area contributed by atoms with Crippen molar-refractivity contribution < 1.29 is 4.79 Å². The van der Waals surface area contributed by atoms with Gasteiger partial charge in [-0.2, -0.15) is 0 Å². The summed E-state index contributed by atoms with van der Waals surface area (Å²) in [5.41, 5.74) is 0.355. The van der Waals surface area contributed by atoms with E-state index in [0.717, 1.165) is 13.1 Å². The van der Waals surface area contributed by atoms with Crippen LogP contribution in [-0.2, 0) is 4.79 Å². The molecule has 1 amide bonds. The van der Waals surface area contributed by atoms with Gasteiger partial charge in [-0.1, -0.05) is 26.2 Å². The molecular formula is C12H24N2O. The summed E-state index contributed by atoms with van der Waals surface area (Å²) >= 11 is 0. The molecule has 88 valence electrons. The van der Waals surface area contributed by atoms with Gasteiger partial charge in [0, 0.05) is 19.5 Å². The van der Waals surface area contributed by atoms with Crippen molar-refractivity contribution in [2.75, 3.05) is 20.1 Å². The second-order valence-corrected chi connectivity index (χ2v) is 5.00. The minimum atomic E-state index is 0.177. The van der Waals surface area contributed by atoms with Gasteiger partial charge >= 0.3 is 0 Å². The highest BCUT2D eigenvalue weighted by molar-refractivity contribution is 5.76. The van der Waals surface area contributed by atoms with Gasteiger partial charge in [-0.25, -0.2) is 0 Å². The smallest absolute Gasteiger partial charge is 0.221 e. The fourth-order valence-corrected chi connectivity index (χ4v) is 2.22. The molecule has 0 bridgehead atoms. The Labute approximate surface area is 93.0 Å². The van der Waals surface area contributed by atoms with Crippen molar-refractivity contribution in [3.63, 3.8) is 0 Å². The van der Waals surface area contributed by atoms with E-state index in [4.69, 9.17) is 0 Å². The molecule has 1 aliphatic carbocycles. The number of hydrogen-bond donors (Lipinski definition) is 2. The van der Waals surface area contributed by atoms with Crippen molar-refractivity contribution in [3.8, 4) is 0 Å². The van der Waals surface area contributed by atoms with Crippen LogP contribution in [-0.4, -0.2) is 26.0 Å². The average Bonchev–Trinajstić information content (AvgIpc) is 2.25. The summed E-state index contributed by atoms with van der Waals surface area (Å²) in [6.07, 6.45) is 7.13. The topological polar surface area (TPSA) is 41.1 Å². The standard InChI is InChI=1S/C12H24N2O/c1-12(7-4-3-5-8-12)10-14-11(15)6-9-13-2/h13H,3-10H2,1-2H3,(H,14,15). The van der Waals surface area contributed by atoms with Crippen LogP contribution in [0.2, 0.25) is 0 Å². The summed E-state index contributed by atoms with van der Waals surface area (Å²) in [4.78, 5) is 11.4. The number of carbonyl (C=O) groups excluding carboxylic acids is 1. The maximum absolute atomic E-state index is 11.4. The Hall–Kier alpha value is -0.570. The maximum atomic E-state index is 11.4. The highest BCUT2D eigenvalue weighted by Crippen LogP contribution is 2.34. The minimum absolute atomic E-state index is 0.177. The molecule has 0 radical (unpaired) electrons. The van der Waals surface area contributed by atoms with Crippen LogP contribution < -0.4 is 10.6 Å². The van der Waals surface area contributed by atoms with Crippen molar-refractivity contribution in [2.24, 2.45) is 5.41 Å². The van der Waals surface area contributed by atoms with E-state index >= 15 is 0 Å². The first-order valence-corrected chi connectivity index (χ1v) is 6.08. The SMILES string of the molecule is CNCCC(=O)NCC1(C)CCCCC1. The highest BCUT2D eigenvalue weighted by Gasteiger charge is 2.26. The van der Waals surface area contributed by atoms with Crippen molar-refractivity contribution >= 4 is 5.91 Å². The number of rotatable bonds is 5.